The lowest BCUT2D eigenvalue weighted by atomic mass is 9.91. The third-order valence-corrected chi connectivity index (χ3v) is 7.34. The van der Waals surface area contributed by atoms with Gasteiger partial charge in [0.15, 0.2) is 0 Å². The van der Waals surface area contributed by atoms with Crippen LogP contribution in [0.4, 0.5) is 0 Å². The number of nitrogens with zero attached hydrogens (tertiary/aromatic N) is 4. The number of pyridine rings is 1. The third kappa shape index (κ3) is 4.96. The molecule has 10 heteroatoms. The van der Waals surface area contributed by atoms with Gasteiger partial charge in [-0.15, -0.1) is 5.10 Å². The van der Waals surface area contributed by atoms with Gasteiger partial charge in [0.1, 0.15) is 0 Å². The van der Waals surface area contributed by atoms with Gasteiger partial charge in [-0.1, -0.05) is 70.9 Å². The molecule has 0 spiro atoms. The Labute approximate surface area is 233 Å². The molecule has 2 aromatic heterocycles. The van der Waals surface area contributed by atoms with E-state index in [2.05, 4.69) is 20.4 Å². The van der Waals surface area contributed by atoms with Crippen LogP contribution in [0.25, 0.3) is 22.0 Å². The molecule has 1 atom stereocenters. The number of hydrogen-bond donors (Lipinski definition) is 2. The van der Waals surface area contributed by atoms with Crippen molar-refractivity contribution in [1.29, 1.82) is 0 Å². The predicted molar refractivity (Wildman–Crippen MR) is 152 cm³/mol. The predicted octanol–water partition coefficient (Wildman–Crippen LogP) is 5.93. The van der Waals surface area contributed by atoms with Crippen molar-refractivity contribution < 1.29 is 4.79 Å². The van der Waals surface area contributed by atoms with E-state index in [-0.39, 0.29) is 17.9 Å². The van der Waals surface area contributed by atoms with E-state index in [1.807, 2.05) is 48.5 Å². The highest BCUT2D eigenvalue weighted by atomic mass is 35.5. The molecule has 0 fully saturated rings. The number of rotatable bonds is 6. The van der Waals surface area contributed by atoms with E-state index >= 15 is 0 Å². The largest absolute Gasteiger partial charge is 0.321 e. The van der Waals surface area contributed by atoms with Gasteiger partial charge in [-0.25, -0.2) is 5.01 Å². The summed E-state index contributed by atoms with van der Waals surface area (Å²) in [5.41, 5.74) is 4.61. The third-order valence-electron chi connectivity index (χ3n) is 6.84. The van der Waals surface area contributed by atoms with Crippen molar-refractivity contribution >= 4 is 45.7 Å². The second-order valence-electron chi connectivity index (χ2n) is 9.29. The van der Waals surface area contributed by atoms with Gasteiger partial charge in [0.2, 0.25) is 5.91 Å². The second-order valence-corrected chi connectivity index (χ2v) is 10.2. The van der Waals surface area contributed by atoms with Crippen LogP contribution >= 0.6 is 23.2 Å². The summed E-state index contributed by atoms with van der Waals surface area (Å²) >= 11 is 12.3. The summed E-state index contributed by atoms with van der Waals surface area (Å²) in [5.74, 6) is -0.176. The number of aromatic amines is 2. The van der Waals surface area contributed by atoms with Crippen molar-refractivity contribution in [1.82, 2.24) is 25.4 Å². The van der Waals surface area contributed by atoms with Crippen LogP contribution in [-0.2, 0) is 11.2 Å². The lowest BCUT2D eigenvalue weighted by Gasteiger charge is -2.22. The molecule has 1 aliphatic heterocycles. The molecular formula is C29H22Cl2N6O2. The highest BCUT2D eigenvalue weighted by molar-refractivity contribution is 6.31. The number of H-pyrrole nitrogens is 2. The van der Waals surface area contributed by atoms with E-state index in [4.69, 9.17) is 28.3 Å². The van der Waals surface area contributed by atoms with Crippen molar-refractivity contribution in [2.45, 2.75) is 25.3 Å². The number of benzene rings is 3. The minimum Gasteiger partial charge on any atom is -0.321 e. The van der Waals surface area contributed by atoms with Crippen LogP contribution in [0.15, 0.2) is 88.9 Å². The van der Waals surface area contributed by atoms with Crippen LogP contribution in [0.3, 0.4) is 0 Å². The molecule has 0 radical (unpaired) electrons. The van der Waals surface area contributed by atoms with Gasteiger partial charge in [0.05, 0.1) is 29.2 Å². The Morgan fingerprint density at radius 1 is 0.949 bits per heavy atom. The van der Waals surface area contributed by atoms with Crippen LogP contribution in [0.1, 0.15) is 35.7 Å². The average Bonchev–Trinajstić information content (AvgIpc) is 3.63. The number of fused-ring (bicyclic) bond motifs is 1. The maximum absolute atomic E-state index is 13.6. The normalized spacial score (nSPS) is 15.1. The summed E-state index contributed by atoms with van der Waals surface area (Å²) in [4.78, 5) is 30.1. The number of nitrogens with one attached hydrogen (secondary N) is 2. The lowest BCUT2D eigenvalue weighted by molar-refractivity contribution is -0.133. The summed E-state index contributed by atoms with van der Waals surface area (Å²) in [6.45, 7) is 0. The van der Waals surface area contributed by atoms with Gasteiger partial charge in [0, 0.05) is 39.4 Å². The molecular weight excluding hydrogens is 535 g/mol. The molecule has 0 bridgehead atoms. The van der Waals surface area contributed by atoms with Gasteiger partial charge in [0.25, 0.3) is 5.56 Å². The first-order chi connectivity index (χ1) is 19.0. The summed E-state index contributed by atoms with van der Waals surface area (Å²) < 4.78 is 0. The van der Waals surface area contributed by atoms with Crippen molar-refractivity contribution in [3.63, 3.8) is 0 Å². The van der Waals surface area contributed by atoms with Gasteiger partial charge < -0.3 is 4.98 Å². The summed E-state index contributed by atoms with van der Waals surface area (Å²) in [5, 5.41) is 18.6. The van der Waals surface area contributed by atoms with Gasteiger partial charge in [-0.05, 0) is 47.9 Å². The molecule has 5 aromatic rings. The van der Waals surface area contributed by atoms with Crippen molar-refractivity contribution in [3.05, 3.63) is 116 Å². The SMILES string of the molecule is O=C(CCc1cnn[nH]1)N1N=C(c2c(-c3ccc(Cl)cc3)c3ccccc3[nH]c2=O)CC1c1ccc(Cl)cc1. The summed E-state index contributed by atoms with van der Waals surface area (Å²) in [6, 6.07) is 22.0. The van der Waals surface area contributed by atoms with E-state index in [1.165, 1.54) is 5.01 Å². The first kappa shape index (κ1) is 25.0. The Balaban J connectivity index is 1.48. The zero-order chi connectivity index (χ0) is 26.9. The quantitative estimate of drug-likeness (QED) is 0.270. The molecule has 2 N–H and O–H groups in total. The molecule has 3 heterocycles. The summed E-state index contributed by atoms with van der Waals surface area (Å²) in [6.07, 6.45) is 2.59. The zero-order valence-corrected chi connectivity index (χ0v) is 22.1. The smallest absolute Gasteiger partial charge is 0.258 e. The Hall–Kier alpha value is -4.27. The Morgan fingerprint density at radius 3 is 2.38 bits per heavy atom. The number of carbonyl (C=O) groups excluding carboxylic acids is 1. The highest BCUT2D eigenvalue weighted by Crippen LogP contribution is 2.37. The van der Waals surface area contributed by atoms with E-state index in [0.29, 0.717) is 39.7 Å². The Bertz CT molecular complexity index is 1750. The molecule has 194 valence electrons. The van der Waals surface area contributed by atoms with Crippen LogP contribution in [-0.4, -0.2) is 37.0 Å². The molecule has 3 aromatic carbocycles. The van der Waals surface area contributed by atoms with Crippen molar-refractivity contribution in [2.75, 3.05) is 0 Å². The fraction of sp³-hybridized carbons (Fsp3) is 0.138. The number of hydrazone groups is 1. The van der Waals surface area contributed by atoms with E-state index in [9.17, 15) is 9.59 Å². The number of halogens is 2. The molecule has 0 saturated heterocycles. The van der Waals surface area contributed by atoms with E-state index < -0.39 is 6.04 Å². The molecule has 1 unspecified atom stereocenters. The van der Waals surface area contributed by atoms with Crippen LogP contribution in [0.2, 0.25) is 10.0 Å². The lowest BCUT2D eigenvalue weighted by Crippen LogP contribution is -2.27. The van der Waals surface area contributed by atoms with Crippen LogP contribution in [0, 0.1) is 0 Å². The number of hydrogen-bond acceptors (Lipinski definition) is 5. The molecule has 1 amide bonds. The molecule has 0 saturated carbocycles. The fourth-order valence-corrected chi connectivity index (χ4v) is 5.22. The number of amides is 1. The molecule has 39 heavy (non-hydrogen) atoms. The van der Waals surface area contributed by atoms with Crippen LogP contribution in [0.5, 0.6) is 0 Å². The fourth-order valence-electron chi connectivity index (χ4n) is 4.97. The van der Waals surface area contributed by atoms with Crippen molar-refractivity contribution in [3.8, 4) is 11.1 Å². The molecule has 1 aliphatic rings. The van der Waals surface area contributed by atoms with Gasteiger partial charge >= 0.3 is 0 Å². The highest BCUT2D eigenvalue weighted by Gasteiger charge is 2.35. The zero-order valence-electron chi connectivity index (χ0n) is 20.6. The standard InChI is InChI=1S/C29H22Cl2N6O2/c30-19-9-5-17(6-10-19)25-15-24(35-37(25)26(38)14-13-21-16-32-36-34-21)28-27(18-7-11-20(31)12-8-18)22-3-1-2-4-23(22)33-29(28)39/h1-12,16,25H,13-15H2,(H,33,39)(H,32,34,36). The van der Waals surface area contributed by atoms with Gasteiger partial charge in [-0.3, -0.25) is 14.7 Å². The average molecular weight is 557 g/mol. The van der Waals surface area contributed by atoms with Crippen molar-refractivity contribution in [2.24, 2.45) is 5.10 Å². The molecule has 0 aliphatic carbocycles. The maximum Gasteiger partial charge on any atom is 0.258 e. The maximum atomic E-state index is 13.6. The second kappa shape index (κ2) is 10.5. The number of aromatic nitrogens is 4. The Morgan fingerprint density at radius 2 is 1.67 bits per heavy atom. The number of carbonyl (C=O) groups is 1. The first-order valence-corrected chi connectivity index (χ1v) is 13.1. The topological polar surface area (TPSA) is 107 Å². The van der Waals surface area contributed by atoms with Gasteiger partial charge in [-0.2, -0.15) is 5.10 Å². The Kier molecular flexibility index (Phi) is 6.72. The van der Waals surface area contributed by atoms with E-state index in [0.717, 1.165) is 27.8 Å². The molecule has 6 rings (SSSR count). The number of para-hydroxylation sites is 1. The summed E-state index contributed by atoms with van der Waals surface area (Å²) in [7, 11) is 0. The minimum absolute atomic E-state index is 0.176. The minimum atomic E-state index is -0.395. The van der Waals surface area contributed by atoms with E-state index in [1.54, 1.807) is 30.5 Å². The molecule has 8 nitrogen and oxygen atoms in total. The first-order valence-electron chi connectivity index (χ1n) is 12.4. The monoisotopic (exact) mass is 556 g/mol. The van der Waals surface area contributed by atoms with Crippen LogP contribution < -0.4 is 5.56 Å². The number of aryl methyl sites for hydroxylation is 1.